The molecule has 1 aromatic heterocycles. The van der Waals surface area contributed by atoms with Crippen LogP contribution >= 0.6 is 11.6 Å². The Kier molecular flexibility index (Phi) is 4.09. The van der Waals surface area contributed by atoms with Gasteiger partial charge in [0.2, 0.25) is 0 Å². The summed E-state index contributed by atoms with van der Waals surface area (Å²) in [6.45, 7) is 2.03. The summed E-state index contributed by atoms with van der Waals surface area (Å²) >= 11 is 6.51. The zero-order chi connectivity index (χ0) is 14.9. The van der Waals surface area contributed by atoms with Gasteiger partial charge in [-0.25, -0.2) is 0 Å². The number of aryl methyl sites for hydroxylation is 2. The Morgan fingerprint density at radius 3 is 2.50 bits per heavy atom. The van der Waals surface area contributed by atoms with E-state index in [1.165, 1.54) is 0 Å². The quantitative estimate of drug-likeness (QED) is 0.942. The highest BCUT2D eigenvalue weighted by atomic mass is 35.5. The molecule has 0 aliphatic carbocycles. The van der Waals surface area contributed by atoms with Crippen molar-refractivity contribution in [1.82, 2.24) is 9.78 Å². The van der Waals surface area contributed by atoms with Gasteiger partial charge in [-0.2, -0.15) is 5.10 Å². The fourth-order valence-corrected chi connectivity index (χ4v) is 2.54. The SMILES string of the molecule is CCc1cc(OC)c(OC)c(-c2cnn(C)c2N)c1Cl. The third kappa shape index (κ3) is 2.18. The van der Waals surface area contributed by atoms with Crippen LogP contribution in [0, 0.1) is 0 Å². The van der Waals surface area contributed by atoms with Crippen molar-refractivity contribution in [3.05, 3.63) is 22.8 Å². The van der Waals surface area contributed by atoms with Crippen molar-refractivity contribution >= 4 is 17.4 Å². The molecule has 0 bridgehead atoms. The molecule has 108 valence electrons. The lowest BCUT2D eigenvalue weighted by atomic mass is 10.0. The molecule has 0 aliphatic heterocycles. The van der Waals surface area contributed by atoms with E-state index in [9.17, 15) is 0 Å². The number of halogens is 1. The van der Waals surface area contributed by atoms with Crippen LogP contribution in [-0.2, 0) is 13.5 Å². The van der Waals surface area contributed by atoms with Gasteiger partial charge in [-0.05, 0) is 18.1 Å². The highest BCUT2D eigenvalue weighted by Gasteiger charge is 2.22. The van der Waals surface area contributed by atoms with Crippen molar-refractivity contribution in [2.75, 3.05) is 20.0 Å². The average molecular weight is 296 g/mol. The van der Waals surface area contributed by atoms with Crippen LogP contribution in [0.3, 0.4) is 0 Å². The molecule has 2 aromatic rings. The maximum atomic E-state index is 6.51. The number of benzene rings is 1. The molecule has 1 aromatic carbocycles. The summed E-state index contributed by atoms with van der Waals surface area (Å²) in [6, 6.07) is 1.89. The number of ether oxygens (including phenoxy) is 2. The highest BCUT2D eigenvalue weighted by Crippen LogP contribution is 2.46. The number of nitrogen functional groups attached to an aromatic ring is 1. The lowest BCUT2D eigenvalue weighted by Gasteiger charge is -2.17. The summed E-state index contributed by atoms with van der Waals surface area (Å²) in [6.07, 6.45) is 2.46. The lowest BCUT2D eigenvalue weighted by Crippen LogP contribution is -2.01. The molecule has 0 saturated carbocycles. The van der Waals surface area contributed by atoms with Crippen molar-refractivity contribution in [3.63, 3.8) is 0 Å². The molecule has 6 heteroatoms. The summed E-state index contributed by atoms with van der Waals surface area (Å²) < 4.78 is 12.4. The van der Waals surface area contributed by atoms with Crippen LogP contribution in [0.2, 0.25) is 5.02 Å². The molecule has 20 heavy (non-hydrogen) atoms. The third-order valence-corrected chi connectivity index (χ3v) is 3.75. The Morgan fingerprint density at radius 1 is 1.35 bits per heavy atom. The van der Waals surface area contributed by atoms with E-state index >= 15 is 0 Å². The van der Waals surface area contributed by atoms with E-state index in [1.807, 2.05) is 13.0 Å². The van der Waals surface area contributed by atoms with Crippen LogP contribution in [0.4, 0.5) is 5.82 Å². The average Bonchev–Trinajstić information content (AvgIpc) is 2.78. The number of nitrogens with two attached hydrogens (primary N) is 1. The van der Waals surface area contributed by atoms with Gasteiger partial charge in [0, 0.05) is 12.6 Å². The number of hydrogen-bond acceptors (Lipinski definition) is 4. The van der Waals surface area contributed by atoms with Gasteiger partial charge in [-0.1, -0.05) is 18.5 Å². The Hall–Kier alpha value is -1.88. The molecule has 0 unspecified atom stereocenters. The minimum absolute atomic E-state index is 0.528. The van der Waals surface area contributed by atoms with E-state index in [-0.39, 0.29) is 0 Å². The summed E-state index contributed by atoms with van der Waals surface area (Å²) in [4.78, 5) is 0. The van der Waals surface area contributed by atoms with Crippen molar-refractivity contribution in [1.29, 1.82) is 0 Å². The monoisotopic (exact) mass is 295 g/mol. The number of nitrogens with zero attached hydrogens (tertiary/aromatic N) is 2. The molecule has 0 atom stereocenters. The molecule has 5 nitrogen and oxygen atoms in total. The Bertz CT molecular complexity index is 638. The third-order valence-electron chi connectivity index (χ3n) is 3.32. The normalized spacial score (nSPS) is 10.7. The molecule has 0 fully saturated rings. The standard InChI is InChI=1S/C14H18ClN3O2/c1-5-8-6-10(19-3)13(20-4)11(12(8)15)9-7-17-18(2)14(9)16/h6-7H,5,16H2,1-4H3. The van der Waals surface area contributed by atoms with E-state index in [0.29, 0.717) is 22.3 Å². The topological polar surface area (TPSA) is 62.3 Å². The smallest absolute Gasteiger partial charge is 0.170 e. The van der Waals surface area contributed by atoms with Crippen LogP contribution in [-0.4, -0.2) is 24.0 Å². The fourth-order valence-electron chi connectivity index (χ4n) is 2.16. The minimum Gasteiger partial charge on any atom is -0.493 e. The summed E-state index contributed by atoms with van der Waals surface area (Å²) in [7, 11) is 4.96. The number of methoxy groups -OCH3 is 2. The zero-order valence-electron chi connectivity index (χ0n) is 12.0. The maximum Gasteiger partial charge on any atom is 0.170 e. The first-order valence-electron chi connectivity index (χ1n) is 6.26. The van der Waals surface area contributed by atoms with Crippen LogP contribution in [0.5, 0.6) is 11.5 Å². The second-order valence-electron chi connectivity index (χ2n) is 4.38. The number of rotatable bonds is 4. The molecule has 2 rings (SSSR count). The largest absolute Gasteiger partial charge is 0.493 e. The van der Waals surface area contributed by atoms with Gasteiger partial charge < -0.3 is 15.2 Å². The Morgan fingerprint density at radius 2 is 2.05 bits per heavy atom. The number of aromatic nitrogens is 2. The molecule has 0 amide bonds. The summed E-state index contributed by atoms with van der Waals surface area (Å²) in [5, 5.41) is 4.77. The molecule has 2 N–H and O–H groups in total. The van der Waals surface area contributed by atoms with Gasteiger partial charge in [-0.15, -0.1) is 0 Å². The first-order chi connectivity index (χ1) is 9.54. The number of anilines is 1. The van der Waals surface area contributed by atoms with Gasteiger partial charge >= 0.3 is 0 Å². The van der Waals surface area contributed by atoms with Gasteiger partial charge in [0.1, 0.15) is 5.82 Å². The Labute approximate surface area is 123 Å². The van der Waals surface area contributed by atoms with E-state index < -0.39 is 0 Å². The van der Waals surface area contributed by atoms with Gasteiger partial charge in [0.05, 0.1) is 31.0 Å². The van der Waals surface area contributed by atoms with Gasteiger partial charge in [-0.3, -0.25) is 4.68 Å². The summed E-state index contributed by atoms with van der Waals surface area (Å²) in [5.74, 6) is 1.72. The first kappa shape index (κ1) is 14.5. The van der Waals surface area contributed by atoms with E-state index in [4.69, 9.17) is 26.8 Å². The van der Waals surface area contributed by atoms with E-state index in [0.717, 1.165) is 23.1 Å². The van der Waals surface area contributed by atoms with Crippen LogP contribution in [0.1, 0.15) is 12.5 Å². The predicted molar refractivity (Wildman–Crippen MR) is 80.5 cm³/mol. The molecule has 0 aliphatic rings. The molecule has 0 spiro atoms. The van der Waals surface area contributed by atoms with Crippen molar-refractivity contribution < 1.29 is 9.47 Å². The maximum absolute atomic E-state index is 6.51. The molecular formula is C14H18ClN3O2. The Balaban J connectivity index is 2.81. The van der Waals surface area contributed by atoms with Gasteiger partial charge in [0.15, 0.2) is 11.5 Å². The first-order valence-corrected chi connectivity index (χ1v) is 6.64. The number of hydrogen-bond donors (Lipinski definition) is 1. The van der Waals surface area contributed by atoms with Crippen molar-refractivity contribution in [3.8, 4) is 22.6 Å². The van der Waals surface area contributed by atoms with Crippen molar-refractivity contribution in [2.45, 2.75) is 13.3 Å². The lowest BCUT2D eigenvalue weighted by molar-refractivity contribution is 0.356. The van der Waals surface area contributed by atoms with Crippen LogP contribution in [0.25, 0.3) is 11.1 Å². The molecule has 0 saturated heterocycles. The van der Waals surface area contributed by atoms with Crippen LogP contribution in [0.15, 0.2) is 12.3 Å². The second-order valence-corrected chi connectivity index (χ2v) is 4.76. The van der Waals surface area contributed by atoms with Gasteiger partial charge in [0.25, 0.3) is 0 Å². The minimum atomic E-state index is 0.528. The van der Waals surface area contributed by atoms with Crippen molar-refractivity contribution in [2.24, 2.45) is 7.05 Å². The molecule has 0 radical (unpaired) electrons. The molecular weight excluding hydrogens is 278 g/mol. The van der Waals surface area contributed by atoms with E-state index in [2.05, 4.69) is 5.10 Å². The zero-order valence-corrected chi connectivity index (χ0v) is 12.8. The second kappa shape index (κ2) is 5.63. The fraction of sp³-hybridized carbons (Fsp3) is 0.357. The molecule has 1 heterocycles. The van der Waals surface area contributed by atoms with E-state index in [1.54, 1.807) is 32.1 Å². The highest BCUT2D eigenvalue weighted by molar-refractivity contribution is 6.34. The van der Waals surface area contributed by atoms with Crippen LogP contribution < -0.4 is 15.2 Å². The summed E-state index contributed by atoms with van der Waals surface area (Å²) in [5.41, 5.74) is 8.49. The predicted octanol–water partition coefficient (Wildman–Crippen LogP) is 2.90.